The fourth-order valence-electron chi connectivity index (χ4n) is 2.27. The van der Waals surface area contributed by atoms with E-state index in [1.54, 1.807) is 0 Å². The van der Waals surface area contributed by atoms with Crippen LogP contribution in [0.25, 0.3) is 0 Å². The number of amides is 1. The van der Waals surface area contributed by atoms with Gasteiger partial charge in [0.1, 0.15) is 5.41 Å². The molecular formula is C14H25NO2. The van der Waals surface area contributed by atoms with Crippen molar-refractivity contribution in [2.45, 2.75) is 66.3 Å². The molecular weight excluding hydrogens is 214 g/mol. The van der Waals surface area contributed by atoms with Gasteiger partial charge in [-0.2, -0.15) is 0 Å². The van der Waals surface area contributed by atoms with E-state index in [4.69, 9.17) is 0 Å². The first-order chi connectivity index (χ1) is 7.49. The van der Waals surface area contributed by atoms with Gasteiger partial charge in [0, 0.05) is 11.0 Å². The lowest BCUT2D eigenvalue weighted by Crippen LogP contribution is -2.57. The van der Waals surface area contributed by atoms with E-state index in [9.17, 15) is 9.59 Å². The summed E-state index contributed by atoms with van der Waals surface area (Å²) in [6.07, 6.45) is 2.37. The van der Waals surface area contributed by atoms with Gasteiger partial charge in [0.05, 0.1) is 0 Å². The smallest absolute Gasteiger partial charge is 0.234 e. The third kappa shape index (κ3) is 2.88. The minimum Gasteiger partial charge on any atom is -0.351 e. The van der Waals surface area contributed by atoms with Gasteiger partial charge < -0.3 is 5.32 Å². The minimum absolute atomic E-state index is 0.0815. The number of ketones is 1. The van der Waals surface area contributed by atoms with Crippen LogP contribution >= 0.6 is 0 Å². The van der Waals surface area contributed by atoms with Crippen molar-refractivity contribution in [2.24, 2.45) is 10.8 Å². The van der Waals surface area contributed by atoms with E-state index < -0.39 is 10.8 Å². The Hall–Kier alpha value is -0.860. The molecule has 0 aromatic rings. The van der Waals surface area contributed by atoms with Gasteiger partial charge in [-0.1, -0.05) is 27.2 Å². The van der Waals surface area contributed by atoms with E-state index >= 15 is 0 Å². The van der Waals surface area contributed by atoms with Gasteiger partial charge in [0.15, 0.2) is 5.78 Å². The molecule has 1 aliphatic carbocycles. The van der Waals surface area contributed by atoms with Crippen molar-refractivity contribution in [2.75, 3.05) is 0 Å². The largest absolute Gasteiger partial charge is 0.351 e. The molecule has 0 saturated heterocycles. The lowest BCUT2D eigenvalue weighted by atomic mass is 9.60. The maximum atomic E-state index is 12.4. The lowest BCUT2D eigenvalue weighted by molar-refractivity contribution is -0.154. The number of rotatable bonds is 2. The Labute approximate surface area is 104 Å². The molecule has 0 unspecified atom stereocenters. The molecule has 1 saturated carbocycles. The summed E-state index contributed by atoms with van der Waals surface area (Å²) >= 11 is 0. The molecule has 98 valence electrons. The summed E-state index contributed by atoms with van der Waals surface area (Å²) in [7, 11) is 0. The molecule has 1 N–H and O–H groups in total. The van der Waals surface area contributed by atoms with Crippen LogP contribution in [-0.4, -0.2) is 17.2 Å². The van der Waals surface area contributed by atoms with Crippen LogP contribution in [-0.2, 0) is 9.59 Å². The summed E-state index contributed by atoms with van der Waals surface area (Å²) in [5.74, 6) is -0.00539. The van der Waals surface area contributed by atoms with Crippen molar-refractivity contribution in [1.82, 2.24) is 5.32 Å². The van der Waals surface area contributed by atoms with Gasteiger partial charge in [-0.05, 0) is 33.6 Å². The van der Waals surface area contributed by atoms with Crippen LogP contribution in [0.15, 0.2) is 0 Å². The minimum atomic E-state index is -0.758. The summed E-state index contributed by atoms with van der Waals surface area (Å²) in [4.78, 5) is 24.8. The highest BCUT2D eigenvalue weighted by Crippen LogP contribution is 2.46. The molecule has 0 bridgehead atoms. The molecule has 0 aliphatic heterocycles. The Kier molecular flexibility index (Phi) is 3.43. The number of carbonyl (C=O) groups excluding carboxylic acids is 2. The fourth-order valence-corrected chi connectivity index (χ4v) is 2.27. The predicted molar refractivity (Wildman–Crippen MR) is 68.6 cm³/mol. The Balaban J connectivity index is 2.91. The average Bonchev–Trinajstić information content (AvgIpc) is 1.95. The van der Waals surface area contributed by atoms with Crippen LogP contribution in [0.5, 0.6) is 0 Å². The maximum absolute atomic E-state index is 12.4. The molecule has 0 aromatic carbocycles. The quantitative estimate of drug-likeness (QED) is 0.753. The Bertz CT molecular complexity index is 327. The zero-order valence-corrected chi connectivity index (χ0v) is 11.9. The van der Waals surface area contributed by atoms with Crippen LogP contribution in [0.4, 0.5) is 0 Å². The van der Waals surface area contributed by atoms with Gasteiger partial charge in [-0.15, -0.1) is 0 Å². The zero-order valence-electron chi connectivity index (χ0n) is 11.9. The third-order valence-corrected chi connectivity index (χ3v) is 3.25. The summed E-state index contributed by atoms with van der Waals surface area (Å²) in [5, 5.41) is 2.96. The number of hydrogen-bond acceptors (Lipinski definition) is 2. The molecule has 0 radical (unpaired) electrons. The molecule has 3 nitrogen and oxygen atoms in total. The van der Waals surface area contributed by atoms with Crippen molar-refractivity contribution in [3.63, 3.8) is 0 Å². The molecule has 0 atom stereocenters. The first-order valence-corrected chi connectivity index (χ1v) is 6.37. The fraction of sp³-hybridized carbons (Fsp3) is 0.857. The highest BCUT2D eigenvalue weighted by molar-refractivity contribution is 6.09. The lowest BCUT2D eigenvalue weighted by Gasteiger charge is -2.43. The number of hydrogen-bond donors (Lipinski definition) is 1. The van der Waals surface area contributed by atoms with Gasteiger partial charge >= 0.3 is 0 Å². The van der Waals surface area contributed by atoms with E-state index in [-0.39, 0.29) is 17.2 Å². The number of Topliss-reactive ketones (excluding diaryl/α,β-unsaturated/α-hetero) is 1. The number of carbonyl (C=O) groups is 2. The highest BCUT2D eigenvalue weighted by atomic mass is 16.2. The third-order valence-electron chi connectivity index (χ3n) is 3.25. The monoisotopic (exact) mass is 239 g/mol. The van der Waals surface area contributed by atoms with E-state index in [0.717, 1.165) is 6.42 Å². The molecule has 0 aromatic heterocycles. The highest BCUT2D eigenvalue weighted by Gasteiger charge is 2.53. The van der Waals surface area contributed by atoms with Crippen molar-refractivity contribution < 1.29 is 9.59 Å². The SMILES string of the molecule is CC(C)(C)NC(=O)C1(C(=O)C(C)(C)C)CCC1. The van der Waals surface area contributed by atoms with E-state index in [1.165, 1.54) is 0 Å². The van der Waals surface area contributed by atoms with E-state index in [2.05, 4.69) is 5.32 Å². The molecule has 1 fully saturated rings. The average molecular weight is 239 g/mol. The molecule has 17 heavy (non-hydrogen) atoms. The zero-order chi connectivity index (χ0) is 13.5. The number of nitrogens with one attached hydrogen (secondary N) is 1. The predicted octanol–water partition coefficient (Wildman–Crippen LogP) is 2.69. The van der Waals surface area contributed by atoms with Crippen LogP contribution in [0.1, 0.15) is 60.8 Å². The van der Waals surface area contributed by atoms with Crippen molar-refractivity contribution in [1.29, 1.82) is 0 Å². The van der Waals surface area contributed by atoms with Crippen LogP contribution in [0.3, 0.4) is 0 Å². The second-order valence-electron chi connectivity index (χ2n) is 7.22. The van der Waals surface area contributed by atoms with Crippen molar-refractivity contribution >= 4 is 11.7 Å². The standard InChI is InChI=1S/C14H25NO2/c1-12(2,3)10(16)14(8-7-9-14)11(17)15-13(4,5)6/h7-9H2,1-6H3,(H,15,17). The Morgan fingerprint density at radius 2 is 1.47 bits per heavy atom. The maximum Gasteiger partial charge on any atom is 0.234 e. The van der Waals surface area contributed by atoms with Gasteiger partial charge in [0.2, 0.25) is 5.91 Å². The van der Waals surface area contributed by atoms with Crippen LogP contribution in [0.2, 0.25) is 0 Å². The first kappa shape index (κ1) is 14.2. The molecule has 1 aliphatic rings. The van der Waals surface area contributed by atoms with Crippen molar-refractivity contribution in [3.05, 3.63) is 0 Å². The van der Waals surface area contributed by atoms with E-state index in [1.807, 2.05) is 41.5 Å². The van der Waals surface area contributed by atoms with Crippen LogP contribution in [0, 0.1) is 10.8 Å². The van der Waals surface area contributed by atoms with Crippen LogP contribution < -0.4 is 5.32 Å². The molecule has 0 spiro atoms. The molecule has 0 heterocycles. The molecule has 1 rings (SSSR count). The van der Waals surface area contributed by atoms with Gasteiger partial charge in [-0.25, -0.2) is 0 Å². The topological polar surface area (TPSA) is 46.2 Å². The summed E-state index contributed by atoms with van der Waals surface area (Å²) in [6, 6.07) is 0. The summed E-state index contributed by atoms with van der Waals surface area (Å²) < 4.78 is 0. The van der Waals surface area contributed by atoms with Gasteiger partial charge in [-0.3, -0.25) is 9.59 Å². The second kappa shape index (κ2) is 4.11. The van der Waals surface area contributed by atoms with Crippen molar-refractivity contribution in [3.8, 4) is 0 Å². The van der Waals surface area contributed by atoms with Gasteiger partial charge in [0.25, 0.3) is 0 Å². The first-order valence-electron chi connectivity index (χ1n) is 6.37. The van der Waals surface area contributed by atoms with E-state index in [0.29, 0.717) is 12.8 Å². The molecule has 3 heteroatoms. The molecule has 1 amide bonds. The Morgan fingerprint density at radius 1 is 1.00 bits per heavy atom. The second-order valence-corrected chi connectivity index (χ2v) is 7.22. The summed E-state index contributed by atoms with van der Waals surface area (Å²) in [5.41, 5.74) is -1.49. The Morgan fingerprint density at radius 3 is 1.71 bits per heavy atom. The summed E-state index contributed by atoms with van der Waals surface area (Å²) in [6.45, 7) is 11.5. The normalized spacial score (nSPS) is 19.4.